The minimum Gasteiger partial charge on any atom is -0.491 e. The molecule has 7 heteroatoms. The van der Waals surface area contributed by atoms with Crippen molar-refractivity contribution in [1.82, 2.24) is 9.80 Å². The molecule has 1 aromatic carbocycles. The van der Waals surface area contributed by atoms with E-state index >= 15 is 0 Å². The molecule has 1 saturated carbocycles. The fourth-order valence-electron chi connectivity index (χ4n) is 4.05. The maximum Gasteiger partial charge on any atom is 0.242 e. The van der Waals surface area contributed by atoms with Gasteiger partial charge >= 0.3 is 0 Å². The summed E-state index contributed by atoms with van der Waals surface area (Å²) in [6, 6.07) is 7.79. The Morgan fingerprint density at radius 2 is 2.00 bits per heavy atom. The van der Waals surface area contributed by atoms with Gasteiger partial charge in [-0.15, -0.1) is 11.3 Å². The van der Waals surface area contributed by atoms with Gasteiger partial charge in [0.05, 0.1) is 6.04 Å². The van der Waals surface area contributed by atoms with E-state index in [0.29, 0.717) is 18.9 Å². The van der Waals surface area contributed by atoms with Crippen LogP contribution in [0.2, 0.25) is 0 Å². The molecule has 0 N–H and O–H groups in total. The summed E-state index contributed by atoms with van der Waals surface area (Å²) < 4.78 is 19.1. The van der Waals surface area contributed by atoms with Crippen molar-refractivity contribution in [3.63, 3.8) is 0 Å². The van der Waals surface area contributed by atoms with Crippen LogP contribution in [0.25, 0.3) is 0 Å². The maximum absolute atomic E-state index is 13.4. The standard InChI is InChI=1S/C24H29FN2O3S/c1-3-16(2)27(24(29)17-4-5-17)14-23(28)26-12-10-22-20(11-13-31-22)21(26)15-30-19-8-6-18(25)7-9-19/h6-9,11,13,16-17,21H,3-5,10,12,14-15H2,1-2H3. The first kappa shape index (κ1) is 21.8. The van der Waals surface area contributed by atoms with Crippen molar-refractivity contribution in [2.24, 2.45) is 5.92 Å². The number of nitrogens with zero attached hydrogens (tertiary/aromatic N) is 2. The van der Waals surface area contributed by atoms with Crippen molar-refractivity contribution in [2.75, 3.05) is 19.7 Å². The van der Waals surface area contributed by atoms with Gasteiger partial charge in [-0.1, -0.05) is 6.92 Å². The summed E-state index contributed by atoms with van der Waals surface area (Å²) in [7, 11) is 0. The normalized spacial score (nSPS) is 18.9. The fraction of sp³-hybridized carbons (Fsp3) is 0.500. The number of amides is 2. The zero-order valence-corrected chi connectivity index (χ0v) is 18.9. The van der Waals surface area contributed by atoms with Crippen LogP contribution in [0.5, 0.6) is 5.75 Å². The number of hydrogen-bond donors (Lipinski definition) is 0. The molecule has 2 aliphatic rings. The second-order valence-electron chi connectivity index (χ2n) is 8.41. The second kappa shape index (κ2) is 9.39. The molecule has 166 valence electrons. The first-order valence-electron chi connectivity index (χ1n) is 11.0. The number of carbonyl (C=O) groups is 2. The van der Waals surface area contributed by atoms with E-state index in [1.165, 1.54) is 17.0 Å². The van der Waals surface area contributed by atoms with Crippen molar-refractivity contribution in [3.8, 4) is 5.75 Å². The van der Waals surface area contributed by atoms with Gasteiger partial charge in [0.15, 0.2) is 0 Å². The minimum absolute atomic E-state index is 0.0347. The van der Waals surface area contributed by atoms with Crippen LogP contribution in [0.3, 0.4) is 0 Å². The number of thiophene rings is 1. The molecule has 2 aromatic rings. The van der Waals surface area contributed by atoms with Gasteiger partial charge in [0.1, 0.15) is 24.7 Å². The van der Waals surface area contributed by atoms with E-state index in [-0.39, 0.29) is 42.2 Å². The third kappa shape index (κ3) is 4.92. The van der Waals surface area contributed by atoms with E-state index in [1.54, 1.807) is 28.4 Å². The van der Waals surface area contributed by atoms with Crippen molar-refractivity contribution in [1.29, 1.82) is 0 Å². The molecule has 0 spiro atoms. The lowest BCUT2D eigenvalue weighted by atomic mass is 10.00. The Morgan fingerprint density at radius 1 is 1.26 bits per heavy atom. The second-order valence-corrected chi connectivity index (χ2v) is 9.42. The molecule has 1 fully saturated rings. The van der Waals surface area contributed by atoms with Gasteiger partial charge < -0.3 is 14.5 Å². The topological polar surface area (TPSA) is 49.9 Å². The van der Waals surface area contributed by atoms with Crippen molar-refractivity contribution in [2.45, 2.75) is 51.6 Å². The summed E-state index contributed by atoms with van der Waals surface area (Å²) in [5, 5.41) is 2.05. The van der Waals surface area contributed by atoms with Gasteiger partial charge in [0.2, 0.25) is 11.8 Å². The number of fused-ring (bicyclic) bond motifs is 1. The Labute approximate surface area is 186 Å². The summed E-state index contributed by atoms with van der Waals surface area (Å²) >= 11 is 1.70. The molecule has 31 heavy (non-hydrogen) atoms. The van der Waals surface area contributed by atoms with Crippen LogP contribution in [-0.4, -0.2) is 47.4 Å². The smallest absolute Gasteiger partial charge is 0.242 e. The Hall–Kier alpha value is -2.41. The number of rotatable bonds is 8. The van der Waals surface area contributed by atoms with E-state index < -0.39 is 0 Å². The zero-order chi connectivity index (χ0) is 22.0. The number of carbonyl (C=O) groups excluding carboxylic acids is 2. The molecule has 0 saturated heterocycles. The van der Waals surface area contributed by atoms with Crippen molar-refractivity contribution >= 4 is 23.2 Å². The maximum atomic E-state index is 13.4. The van der Waals surface area contributed by atoms with Crippen LogP contribution >= 0.6 is 11.3 Å². The molecular formula is C24H29FN2O3S. The molecular weight excluding hydrogens is 415 g/mol. The van der Waals surface area contributed by atoms with Crippen LogP contribution in [-0.2, 0) is 16.0 Å². The average Bonchev–Trinajstić information content (AvgIpc) is 3.52. The minimum atomic E-state index is -0.313. The van der Waals surface area contributed by atoms with E-state index in [9.17, 15) is 14.0 Å². The molecule has 0 radical (unpaired) electrons. The molecule has 4 rings (SSSR count). The lowest BCUT2D eigenvalue weighted by Gasteiger charge is -2.38. The monoisotopic (exact) mass is 444 g/mol. The van der Waals surface area contributed by atoms with Crippen LogP contribution in [0.4, 0.5) is 4.39 Å². The highest BCUT2D eigenvalue weighted by molar-refractivity contribution is 7.10. The first-order valence-corrected chi connectivity index (χ1v) is 11.9. The van der Waals surface area contributed by atoms with E-state index in [2.05, 4.69) is 6.07 Å². The molecule has 1 aliphatic heterocycles. The lowest BCUT2D eigenvalue weighted by molar-refractivity contribution is -0.145. The predicted molar refractivity (Wildman–Crippen MR) is 119 cm³/mol. The summed E-state index contributed by atoms with van der Waals surface area (Å²) in [4.78, 5) is 31.1. The van der Waals surface area contributed by atoms with Gasteiger partial charge in [0, 0.05) is 23.4 Å². The molecule has 1 aliphatic carbocycles. The summed E-state index contributed by atoms with van der Waals surface area (Å²) in [5.41, 5.74) is 1.11. The average molecular weight is 445 g/mol. The predicted octanol–water partition coefficient (Wildman–Crippen LogP) is 4.43. The Balaban J connectivity index is 1.50. The van der Waals surface area contributed by atoms with Crippen LogP contribution in [0, 0.1) is 11.7 Å². The van der Waals surface area contributed by atoms with E-state index in [1.807, 2.05) is 24.1 Å². The summed E-state index contributed by atoms with van der Waals surface area (Å²) in [6.07, 6.45) is 3.48. The first-order chi connectivity index (χ1) is 15.0. The van der Waals surface area contributed by atoms with Crippen LogP contribution in [0.1, 0.15) is 49.6 Å². The van der Waals surface area contributed by atoms with Crippen LogP contribution in [0.15, 0.2) is 35.7 Å². The van der Waals surface area contributed by atoms with Gasteiger partial charge in [-0.3, -0.25) is 9.59 Å². The number of halogens is 1. The van der Waals surface area contributed by atoms with E-state index in [0.717, 1.165) is 31.2 Å². The SMILES string of the molecule is CCC(C)N(CC(=O)N1CCc2sccc2C1COc1ccc(F)cc1)C(=O)C1CC1. The molecule has 2 unspecified atom stereocenters. The number of benzene rings is 1. The third-order valence-electron chi connectivity index (χ3n) is 6.27. The molecule has 2 heterocycles. The third-order valence-corrected chi connectivity index (χ3v) is 7.27. The number of ether oxygens (including phenoxy) is 1. The van der Waals surface area contributed by atoms with Crippen LogP contribution < -0.4 is 4.74 Å². The van der Waals surface area contributed by atoms with Gasteiger partial charge in [-0.25, -0.2) is 4.39 Å². The van der Waals surface area contributed by atoms with Gasteiger partial charge in [-0.2, -0.15) is 0 Å². The quantitative estimate of drug-likeness (QED) is 0.605. The number of hydrogen-bond acceptors (Lipinski definition) is 4. The molecule has 5 nitrogen and oxygen atoms in total. The molecule has 2 atom stereocenters. The molecule has 1 aromatic heterocycles. The van der Waals surface area contributed by atoms with Gasteiger partial charge in [-0.05, 0) is 73.9 Å². The highest BCUT2D eigenvalue weighted by Gasteiger charge is 2.38. The Bertz CT molecular complexity index is 925. The summed E-state index contributed by atoms with van der Waals surface area (Å²) in [5.74, 6) is 0.409. The Morgan fingerprint density at radius 3 is 2.68 bits per heavy atom. The highest BCUT2D eigenvalue weighted by atomic mass is 32.1. The zero-order valence-electron chi connectivity index (χ0n) is 18.1. The lowest BCUT2D eigenvalue weighted by Crippen LogP contribution is -2.50. The van der Waals surface area contributed by atoms with E-state index in [4.69, 9.17) is 4.74 Å². The molecule has 0 bridgehead atoms. The Kier molecular flexibility index (Phi) is 6.60. The fourth-order valence-corrected chi connectivity index (χ4v) is 4.98. The van der Waals surface area contributed by atoms with Crippen molar-refractivity contribution in [3.05, 3.63) is 52.0 Å². The van der Waals surface area contributed by atoms with Gasteiger partial charge in [0.25, 0.3) is 0 Å². The molecule has 2 amide bonds. The highest BCUT2D eigenvalue weighted by Crippen LogP contribution is 2.35. The summed E-state index contributed by atoms with van der Waals surface area (Å²) in [6.45, 7) is 5.06. The van der Waals surface area contributed by atoms with Crippen molar-refractivity contribution < 1.29 is 18.7 Å². The largest absolute Gasteiger partial charge is 0.491 e.